The van der Waals surface area contributed by atoms with Crippen LogP contribution in [0.4, 0.5) is 0 Å². The predicted molar refractivity (Wildman–Crippen MR) is 67.7 cm³/mol. The molecule has 0 bridgehead atoms. The van der Waals surface area contributed by atoms with Gasteiger partial charge in [-0.2, -0.15) is 0 Å². The topological polar surface area (TPSA) is 48.1 Å². The number of H-pyrrole nitrogens is 1. The molecule has 1 aromatic rings. The van der Waals surface area contributed by atoms with Gasteiger partial charge >= 0.3 is 0 Å². The van der Waals surface area contributed by atoms with E-state index in [0.29, 0.717) is 5.91 Å². The van der Waals surface area contributed by atoms with Gasteiger partial charge in [0.25, 0.3) is 0 Å². The molecule has 4 heteroatoms. The van der Waals surface area contributed by atoms with E-state index in [1.54, 1.807) is 0 Å². The first-order valence-corrected chi connectivity index (χ1v) is 6.20. The first-order valence-electron chi connectivity index (χ1n) is 6.20. The van der Waals surface area contributed by atoms with E-state index in [4.69, 9.17) is 0 Å². The van der Waals surface area contributed by atoms with Gasteiger partial charge in [0, 0.05) is 32.5 Å². The maximum atomic E-state index is 12.3. The van der Waals surface area contributed by atoms with E-state index in [1.807, 2.05) is 31.4 Å². The number of carbonyl (C=O) groups is 1. The molecular weight excluding hydrogens is 214 g/mol. The van der Waals surface area contributed by atoms with Gasteiger partial charge in [-0.1, -0.05) is 0 Å². The summed E-state index contributed by atoms with van der Waals surface area (Å²) in [5.74, 6) is 0.294. The molecule has 1 amide bonds. The number of aromatic nitrogens is 1. The predicted octanol–water partition coefficient (Wildman–Crippen LogP) is 1.02. The molecule has 1 saturated carbocycles. The number of hydrogen-bond acceptors (Lipinski definition) is 2. The first kappa shape index (κ1) is 12.2. The molecule has 1 aliphatic rings. The van der Waals surface area contributed by atoms with Crippen molar-refractivity contribution in [3.63, 3.8) is 0 Å². The molecule has 4 nitrogen and oxygen atoms in total. The fourth-order valence-corrected chi connectivity index (χ4v) is 2.27. The van der Waals surface area contributed by atoms with Crippen LogP contribution in [0.1, 0.15) is 18.4 Å². The van der Waals surface area contributed by atoms with Gasteiger partial charge in [-0.15, -0.1) is 0 Å². The molecule has 94 valence electrons. The Morgan fingerprint density at radius 1 is 1.59 bits per heavy atom. The van der Waals surface area contributed by atoms with Crippen LogP contribution in [0, 0.1) is 5.41 Å². The van der Waals surface area contributed by atoms with Gasteiger partial charge in [-0.3, -0.25) is 4.79 Å². The van der Waals surface area contributed by atoms with Crippen LogP contribution in [-0.4, -0.2) is 43.0 Å². The number of amides is 1. The standard InChI is InChI=1S/C13H21N3O/c1-14-10-13(5-6-13)12(17)16(2)8-4-11-3-7-15-9-11/h3,7,9,14-15H,4-6,8,10H2,1-2H3. The lowest BCUT2D eigenvalue weighted by atomic mass is 10.1. The molecular formula is C13H21N3O. The van der Waals surface area contributed by atoms with Crippen molar-refractivity contribution in [2.24, 2.45) is 5.41 Å². The molecule has 0 spiro atoms. The molecule has 0 aliphatic heterocycles. The van der Waals surface area contributed by atoms with Crippen LogP contribution in [0.15, 0.2) is 18.5 Å². The summed E-state index contributed by atoms with van der Waals surface area (Å²) in [6.45, 7) is 1.60. The fraction of sp³-hybridized carbons (Fsp3) is 0.615. The number of nitrogens with zero attached hydrogens (tertiary/aromatic N) is 1. The Hall–Kier alpha value is -1.29. The second-order valence-corrected chi connectivity index (χ2v) is 5.01. The summed E-state index contributed by atoms with van der Waals surface area (Å²) in [4.78, 5) is 17.2. The molecule has 0 atom stereocenters. The number of carbonyl (C=O) groups excluding carboxylic acids is 1. The Morgan fingerprint density at radius 3 is 2.88 bits per heavy atom. The normalized spacial score (nSPS) is 16.8. The van der Waals surface area contributed by atoms with Crippen molar-refractivity contribution in [3.05, 3.63) is 24.0 Å². The summed E-state index contributed by atoms with van der Waals surface area (Å²) in [5.41, 5.74) is 1.16. The van der Waals surface area contributed by atoms with E-state index in [0.717, 1.165) is 32.4 Å². The van der Waals surface area contributed by atoms with Gasteiger partial charge in [0.1, 0.15) is 0 Å². The number of nitrogens with one attached hydrogen (secondary N) is 2. The Kier molecular flexibility index (Phi) is 3.52. The number of hydrogen-bond donors (Lipinski definition) is 2. The minimum Gasteiger partial charge on any atom is -0.367 e. The maximum Gasteiger partial charge on any atom is 0.229 e. The van der Waals surface area contributed by atoms with Crippen molar-refractivity contribution < 1.29 is 4.79 Å². The lowest BCUT2D eigenvalue weighted by Crippen LogP contribution is -2.39. The Morgan fingerprint density at radius 2 is 2.35 bits per heavy atom. The zero-order valence-corrected chi connectivity index (χ0v) is 10.6. The van der Waals surface area contributed by atoms with E-state index in [1.165, 1.54) is 5.56 Å². The quantitative estimate of drug-likeness (QED) is 0.773. The van der Waals surface area contributed by atoms with Gasteiger partial charge in [-0.05, 0) is 37.9 Å². The lowest BCUT2D eigenvalue weighted by molar-refractivity contribution is -0.135. The summed E-state index contributed by atoms with van der Waals surface area (Å²) in [6, 6.07) is 2.05. The molecule has 17 heavy (non-hydrogen) atoms. The Balaban J connectivity index is 1.83. The zero-order valence-electron chi connectivity index (χ0n) is 10.6. The maximum absolute atomic E-state index is 12.3. The van der Waals surface area contributed by atoms with Gasteiger partial charge in [0.2, 0.25) is 5.91 Å². The van der Waals surface area contributed by atoms with Gasteiger partial charge in [0.05, 0.1) is 5.41 Å². The molecule has 2 rings (SSSR count). The third-order valence-electron chi connectivity index (χ3n) is 3.57. The van der Waals surface area contributed by atoms with Crippen molar-refractivity contribution in [2.75, 3.05) is 27.2 Å². The van der Waals surface area contributed by atoms with E-state index in [-0.39, 0.29) is 5.41 Å². The highest BCUT2D eigenvalue weighted by Gasteiger charge is 2.50. The highest BCUT2D eigenvalue weighted by Crippen LogP contribution is 2.46. The third kappa shape index (κ3) is 2.69. The minimum absolute atomic E-state index is 0.0956. The summed E-state index contributed by atoms with van der Waals surface area (Å²) < 4.78 is 0. The third-order valence-corrected chi connectivity index (χ3v) is 3.57. The monoisotopic (exact) mass is 235 g/mol. The molecule has 2 N–H and O–H groups in total. The Bertz CT molecular complexity index is 368. The van der Waals surface area contributed by atoms with Gasteiger partial charge in [0.15, 0.2) is 0 Å². The molecule has 0 saturated heterocycles. The van der Waals surface area contributed by atoms with Crippen LogP contribution in [0.3, 0.4) is 0 Å². The largest absolute Gasteiger partial charge is 0.367 e. The van der Waals surface area contributed by atoms with Crippen LogP contribution < -0.4 is 5.32 Å². The highest BCUT2D eigenvalue weighted by molar-refractivity contribution is 5.85. The second kappa shape index (κ2) is 4.92. The molecule has 0 aromatic carbocycles. The van der Waals surface area contributed by atoms with Gasteiger partial charge < -0.3 is 15.2 Å². The summed E-state index contributed by atoms with van der Waals surface area (Å²) in [5, 5.41) is 3.12. The fourth-order valence-electron chi connectivity index (χ4n) is 2.27. The molecule has 1 aliphatic carbocycles. The van der Waals surface area contributed by atoms with Crippen molar-refractivity contribution in [1.82, 2.24) is 15.2 Å². The van der Waals surface area contributed by atoms with E-state index < -0.39 is 0 Å². The molecule has 1 fully saturated rings. The van der Waals surface area contributed by atoms with Crippen LogP contribution in [-0.2, 0) is 11.2 Å². The molecule has 1 aromatic heterocycles. The summed E-state index contributed by atoms with van der Waals surface area (Å²) in [6.07, 6.45) is 6.88. The van der Waals surface area contributed by atoms with Crippen molar-refractivity contribution in [3.8, 4) is 0 Å². The van der Waals surface area contributed by atoms with E-state index in [2.05, 4.69) is 16.4 Å². The number of rotatable bonds is 6. The number of likely N-dealkylation sites (N-methyl/N-ethyl adjacent to an activating group) is 1. The van der Waals surface area contributed by atoms with Crippen LogP contribution in [0.5, 0.6) is 0 Å². The van der Waals surface area contributed by atoms with Crippen molar-refractivity contribution in [2.45, 2.75) is 19.3 Å². The lowest BCUT2D eigenvalue weighted by Gasteiger charge is -2.23. The highest BCUT2D eigenvalue weighted by atomic mass is 16.2. The molecule has 1 heterocycles. The number of aromatic amines is 1. The van der Waals surface area contributed by atoms with Crippen molar-refractivity contribution >= 4 is 5.91 Å². The summed E-state index contributed by atoms with van der Waals surface area (Å²) in [7, 11) is 3.82. The smallest absolute Gasteiger partial charge is 0.229 e. The van der Waals surface area contributed by atoms with Crippen LogP contribution in [0.2, 0.25) is 0 Å². The molecule has 0 unspecified atom stereocenters. The first-order chi connectivity index (χ1) is 8.18. The minimum atomic E-state index is -0.0956. The van der Waals surface area contributed by atoms with Crippen LogP contribution >= 0.6 is 0 Å². The van der Waals surface area contributed by atoms with Crippen LogP contribution in [0.25, 0.3) is 0 Å². The van der Waals surface area contributed by atoms with E-state index in [9.17, 15) is 4.79 Å². The van der Waals surface area contributed by atoms with E-state index >= 15 is 0 Å². The zero-order chi connectivity index (χ0) is 12.3. The average molecular weight is 235 g/mol. The van der Waals surface area contributed by atoms with Crippen molar-refractivity contribution in [1.29, 1.82) is 0 Å². The molecule has 0 radical (unpaired) electrons. The average Bonchev–Trinajstić information content (AvgIpc) is 2.92. The SMILES string of the molecule is CNCC1(C(=O)N(C)CCc2cc[nH]c2)CC1. The Labute approximate surface area is 102 Å². The van der Waals surface area contributed by atoms with Gasteiger partial charge in [-0.25, -0.2) is 0 Å². The summed E-state index contributed by atoms with van der Waals surface area (Å²) >= 11 is 0. The second-order valence-electron chi connectivity index (χ2n) is 5.01.